The van der Waals surface area contributed by atoms with Crippen LogP contribution in [-0.2, 0) is 12.8 Å². The summed E-state index contributed by atoms with van der Waals surface area (Å²) in [7, 11) is 0. The van der Waals surface area contributed by atoms with Gasteiger partial charge in [-0.05, 0) is 60.9 Å². The second-order valence-electron chi connectivity index (χ2n) is 9.72. The van der Waals surface area contributed by atoms with Crippen molar-refractivity contribution in [2.24, 2.45) is 5.92 Å². The molecule has 0 radical (unpaired) electrons. The van der Waals surface area contributed by atoms with Gasteiger partial charge >= 0.3 is 0 Å². The van der Waals surface area contributed by atoms with Crippen molar-refractivity contribution in [2.45, 2.75) is 38.6 Å². The number of para-hydroxylation sites is 1. The highest BCUT2D eigenvalue weighted by atomic mass is 16.3. The molecular weight excluding hydrogens is 424 g/mol. The third kappa shape index (κ3) is 4.70. The highest BCUT2D eigenvalue weighted by Gasteiger charge is 2.26. The van der Waals surface area contributed by atoms with Crippen molar-refractivity contribution in [3.05, 3.63) is 59.8 Å². The van der Waals surface area contributed by atoms with Crippen LogP contribution in [0.25, 0.3) is 10.9 Å². The number of hydrogen-bond acceptors (Lipinski definition) is 6. The third-order valence-corrected chi connectivity index (χ3v) is 7.78. The van der Waals surface area contributed by atoms with Crippen LogP contribution in [0.1, 0.15) is 30.9 Å². The van der Waals surface area contributed by atoms with Gasteiger partial charge in [-0.2, -0.15) is 0 Å². The minimum absolute atomic E-state index is 0.243. The Morgan fingerprint density at radius 2 is 1.82 bits per heavy atom. The van der Waals surface area contributed by atoms with E-state index >= 15 is 0 Å². The molecule has 3 aromatic rings. The fourth-order valence-electron chi connectivity index (χ4n) is 5.85. The van der Waals surface area contributed by atoms with Crippen molar-refractivity contribution in [2.75, 3.05) is 44.2 Å². The van der Waals surface area contributed by atoms with Gasteiger partial charge in [0.15, 0.2) is 0 Å². The smallest absolute Gasteiger partial charge is 0.141 e. The molecule has 0 spiro atoms. The largest absolute Gasteiger partial charge is 0.508 e. The lowest BCUT2D eigenvalue weighted by Gasteiger charge is -2.37. The van der Waals surface area contributed by atoms with Gasteiger partial charge in [0.25, 0.3) is 0 Å². The van der Waals surface area contributed by atoms with Gasteiger partial charge in [-0.1, -0.05) is 31.2 Å². The van der Waals surface area contributed by atoms with Crippen molar-refractivity contribution in [1.82, 2.24) is 15.2 Å². The molecule has 1 aliphatic carbocycles. The molecule has 3 N–H and O–H groups in total. The van der Waals surface area contributed by atoms with E-state index in [-0.39, 0.29) is 5.75 Å². The summed E-state index contributed by atoms with van der Waals surface area (Å²) in [5.74, 6) is 1.34. The zero-order valence-electron chi connectivity index (χ0n) is 20.1. The maximum Gasteiger partial charge on any atom is 0.141 e. The monoisotopic (exact) mass is 460 g/mol. The van der Waals surface area contributed by atoms with E-state index in [1.807, 2.05) is 24.3 Å². The van der Waals surface area contributed by atoms with E-state index in [0.29, 0.717) is 23.2 Å². The van der Waals surface area contributed by atoms with Gasteiger partial charge in [0.05, 0.1) is 0 Å². The van der Waals surface area contributed by atoms with Crippen molar-refractivity contribution in [3.63, 3.8) is 0 Å². The van der Waals surface area contributed by atoms with Gasteiger partial charge in [0.1, 0.15) is 17.0 Å². The molecule has 180 valence electrons. The van der Waals surface area contributed by atoms with Gasteiger partial charge in [0.2, 0.25) is 0 Å². The van der Waals surface area contributed by atoms with Crippen LogP contribution in [0.3, 0.4) is 0 Å². The molecule has 1 saturated heterocycles. The number of pyridine rings is 1. The SMILES string of the molecule is CCC(NCCN1CCN(c2ccnc3c(O)cccc23)CC1)C1CCc2c(O)cccc2C1. The Labute approximate surface area is 202 Å². The van der Waals surface area contributed by atoms with E-state index in [9.17, 15) is 10.2 Å². The number of nitrogens with zero attached hydrogens (tertiary/aromatic N) is 3. The summed E-state index contributed by atoms with van der Waals surface area (Å²) in [4.78, 5) is 9.32. The number of benzene rings is 2. The Bertz CT molecular complexity index is 1130. The van der Waals surface area contributed by atoms with Crippen LogP contribution in [0.15, 0.2) is 48.7 Å². The van der Waals surface area contributed by atoms with E-state index < -0.39 is 0 Å². The molecule has 2 atom stereocenters. The van der Waals surface area contributed by atoms with E-state index in [4.69, 9.17) is 0 Å². The molecule has 6 heteroatoms. The number of phenols is 2. The van der Waals surface area contributed by atoms with Crippen molar-refractivity contribution < 1.29 is 10.2 Å². The molecule has 0 bridgehead atoms. The van der Waals surface area contributed by atoms with Gasteiger partial charge in [-0.25, -0.2) is 0 Å². The number of aromatic hydroxyl groups is 2. The molecule has 1 aromatic heterocycles. The maximum absolute atomic E-state index is 10.1. The van der Waals surface area contributed by atoms with Gasteiger partial charge in [-0.3, -0.25) is 9.88 Å². The zero-order chi connectivity index (χ0) is 23.5. The van der Waals surface area contributed by atoms with Crippen LogP contribution < -0.4 is 10.2 Å². The quantitative estimate of drug-likeness (QED) is 0.496. The van der Waals surface area contributed by atoms with E-state index in [0.717, 1.165) is 81.6 Å². The average molecular weight is 461 g/mol. The van der Waals surface area contributed by atoms with Crippen LogP contribution in [0.4, 0.5) is 5.69 Å². The molecule has 1 aliphatic heterocycles. The Morgan fingerprint density at radius 1 is 1.03 bits per heavy atom. The summed E-state index contributed by atoms with van der Waals surface area (Å²) >= 11 is 0. The number of phenolic OH excluding ortho intramolecular Hbond substituents is 2. The minimum atomic E-state index is 0.243. The lowest BCUT2D eigenvalue weighted by molar-refractivity contribution is 0.240. The molecule has 0 amide bonds. The van der Waals surface area contributed by atoms with E-state index in [1.165, 1.54) is 5.56 Å². The molecule has 0 saturated carbocycles. The molecule has 6 nitrogen and oxygen atoms in total. The highest BCUT2D eigenvalue weighted by Crippen LogP contribution is 2.33. The van der Waals surface area contributed by atoms with Crippen molar-refractivity contribution >= 4 is 16.6 Å². The molecule has 5 rings (SSSR count). The van der Waals surface area contributed by atoms with Crippen molar-refractivity contribution in [3.8, 4) is 11.5 Å². The number of anilines is 1. The second-order valence-corrected chi connectivity index (χ2v) is 9.72. The summed E-state index contributed by atoms with van der Waals surface area (Å²) in [6.45, 7) is 8.39. The maximum atomic E-state index is 10.1. The first kappa shape index (κ1) is 22.9. The van der Waals surface area contributed by atoms with Gasteiger partial charge in [0, 0.05) is 62.6 Å². The fourth-order valence-corrected chi connectivity index (χ4v) is 5.85. The summed E-state index contributed by atoms with van der Waals surface area (Å²) in [5, 5.41) is 25.2. The molecule has 2 aliphatic rings. The highest BCUT2D eigenvalue weighted by molar-refractivity contribution is 5.94. The molecule has 2 aromatic carbocycles. The average Bonchev–Trinajstić information content (AvgIpc) is 2.87. The van der Waals surface area contributed by atoms with Gasteiger partial charge in [-0.15, -0.1) is 0 Å². The minimum Gasteiger partial charge on any atom is -0.508 e. The fraction of sp³-hybridized carbons (Fsp3) is 0.464. The van der Waals surface area contributed by atoms with E-state index in [1.54, 1.807) is 12.3 Å². The predicted octanol–water partition coefficient (Wildman–Crippen LogP) is 3.94. The van der Waals surface area contributed by atoms with E-state index in [2.05, 4.69) is 39.2 Å². The molecule has 2 heterocycles. The summed E-state index contributed by atoms with van der Waals surface area (Å²) in [5.41, 5.74) is 4.32. The van der Waals surface area contributed by atoms with Crippen LogP contribution in [0, 0.1) is 5.92 Å². The van der Waals surface area contributed by atoms with Gasteiger partial charge < -0.3 is 20.4 Å². The topological polar surface area (TPSA) is 71.9 Å². The molecule has 2 unspecified atom stereocenters. The van der Waals surface area contributed by atoms with Crippen LogP contribution in [0.5, 0.6) is 11.5 Å². The first-order valence-corrected chi connectivity index (χ1v) is 12.7. The summed E-state index contributed by atoms with van der Waals surface area (Å²) < 4.78 is 0. The molecule has 34 heavy (non-hydrogen) atoms. The second kappa shape index (κ2) is 10.2. The summed E-state index contributed by atoms with van der Waals surface area (Å²) in [6, 6.07) is 14.2. The normalized spacial score (nSPS) is 19.8. The van der Waals surface area contributed by atoms with Crippen molar-refractivity contribution in [1.29, 1.82) is 0 Å². The number of hydrogen-bond donors (Lipinski definition) is 3. The predicted molar refractivity (Wildman–Crippen MR) is 138 cm³/mol. The first-order chi connectivity index (χ1) is 16.6. The number of aromatic nitrogens is 1. The third-order valence-electron chi connectivity index (χ3n) is 7.78. The number of fused-ring (bicyclic) bond motifs is 2. The van der Waals surface area contributed by atoms with Crippen LogP contribution in [-0.4, -0.2) is 65.4 Å². The van der Waals surface area contributed by atoms with Crippen LogP contribution in [0.2, 0.25) is 0 Å². The number of piperazine rings is 1. The lowest BCUT2D eigenvalue weighted by Crippen LogP contribution is -2.49. The molecule has 1 fully saturated rings. The Morgan fingerprint density at radius 3 is 2.65 bits per heavy atom. The van der Waals surface area contributed by atoms with Crippen LogP contribution >= 0.6 is 0 Å². The number of nitrogens with one attached hydrogen (secondary N) is 1. The molecular formula is C28H36N4O2. The lowest BCUT2D eigenvalue weighted by atomic mass is 9.79. The standard InChI is InChI=1S/C28H36N4O2/c1-2-24(21-9-10-22-20(19-21)5-3-7-26(22)33)29-13-14-31-15-17-32(18-16-31)25-11-12-30-28-23(25)6-4-8-27(28)34/h3-8,11-12,21,24,29,33-34H,2,9-10,13-19H2,1H3. The number of rotatable bonds is 7. The zero-order valence-corrected chi connectivity index (χ0v) is 20.1. The first-order valence-electron chi connectivity index (χ1n) is 12.7. The Balaban J connectivity index is 1.12. The Kier molecular flexibility index (Phi) is 6.88. The summed E-state index contributed by atoms with van der Waals surface area (Å²) in [6.07, 6.45) is 6.11. The Hall–Kier alpha value is -2.83.